The lowest BCUT2D eigenvalue weighted by Gasteiger charge is -2.38. The quantitative estimate of drug-likeness (QED) is 0.783. The molecular weight excluding hydrogens is 222 g/mol. The van der Waals surface area contributed by atoms with E-state index in [0.29, 0.717) is 18.0 Å². The Morgan fingerprint density at radius 3 is 2.17 bits per heavy atom. The second-order valence-corrected chi connectivity index (χ2v) is 6.65. The van der Waals surface area contributed by atoms with Crippen molar-refractivity contribution >= 4 is 0 Å². The minimum atomic E-state index is 0.572. The Morgan fingerprint density at radius 1 is 1.17 bits per heavy atom. The van der Waals surface area contributed by atoms with Crippen LogP contribution in [-0.4, -0.2) is 61.7 Å². The number of piperidine rings is 1. The van der Waals surface area contributed by atoms with Gasteiger partial charge in [-0.25, -0.2) is 0 Å². The van der Waals surface area contributed by atoms with Gasteiger partial charge < -0.3 is 15.1 Å². The highest BCUT2D eigenvalue weighted by Crippen LogP contribution is 2.15. The third-order valence-corrected chi connectivity index (χ3v) is 4.15. The Kier molecular flexibility index (Phi) is 6.61. The van der Waals surface area contributed by atoms with E-state index in [1.165, 1.54) is 32.5 Å². The fourth-order valence-corrected chi connectivity index (χ4v) is 2.78. The fourth-order valence-electron chi connectivity index (χ4n) is 2.78. The van der Waals surface area contributed by atoms with Crippen LogP contribution in [0.3, 0.4) is 0 Å². The first-order chi connectivity index (χ1) is 8.40. The molecule has 1 fully saturated rings. The van der Waals surface area contributed by atoms with Gasteiger partial charge in [0.1, 0.15) is 0 Å². The molecule has 0 aliphatic carbocycles. The summed E-state index contributed by atoms with van der Waals surface area (Å²) in [4.78, 5) is 5.02. The monoisotopic (exact) mass is 255 g/mol. The SMILES string of the molecule is CC(C)NC(CN(C)C1CCN(C)CC1)C(C)C. The van der Waals surface area contributed by atoms with Gasteiger partial charge >= 0.3 is 0 Å². The van der Waals surface area contributed by atoms with E-state index in [0.717, 1.165) is 6.04 Å². The van der Waals surface area contributed by atoms with E-state index in [1.807, 2.05) is 0 Å². The summed E-state index contributed by atoms with van der Waals surface area (Å²) in [6.07, 6.45) is 2.64. The maximum Gasteiger partial charge on any atom is 0.0220 e. The molecule has 108 valence electrons. The van der Waals surface area contributed by atoms with Gasteiger partial charge in [-0.05, 0) is 45.9 Å². The molecule has 1 rings (SSSR count). The third kappa shape index (κ3) is 5.25. The number of hydrogen-bond donors (Lipinski definition) is 1. The topological polar surface area (TPSA) is 18.5 Å². The van der Waals surface area contributed by atoms with Crippen LogP contribution in [0, 0.1) is 5.92 Å². The fraction of sp³-hybridized carbons (Fsp3) is 1.00. The molecule has 0 aromatic heterocycles. The van der Waals surface area contributed by atoms with Crippen molar-refractivity contribution in [2.24, 2.45) is 5.92 Å². The standard InChI is InChI=1S/C15H33N3/c1-12(2)15(16-13(3)4)11-18(6)14-7-9-17(5)10-8-14/h12-16H,7-11H2,1-6H3. The molecule has 0 amide bonds. The van der Waals surface area contributed by atoms with Crippen molar-refractivity contribution in [2.75, 3.05) is 33.7 Å². The lowest BCUT2D eigenvalue weighted by molar-refractivity contribution is 0.125. The molecule has 0 aromatic carbocycles. The number of rotatable bonds is 6. The summed E-state index contributed by atoms with van der Waals surface area (Å²) in [6.45, 7) is 12.8. The predicted octanol–water partition coefficient (Wildman–Crippen LogP) is 2.03. The van der Waals surface area contributed by atoms with Gasteiger partial charge in [0.25, 0.3) is 0 Å². The second kappa shape index (κ2) is 7.46. The Balaban J connectivity index is 2.42. The summed E-state index contributed by atoms with van der Waals surface area (Å²) in [6, 6.07) is 1.95. The minimum Gasteiger partial charge on any atom is -0.310 e. The van der Waals surface area contributed by atoms with Crippen LogP contribution in [0.5, 0.6) is 0 Å². The molecule has 1 N–H and O–H groups in total. The lowest BCUT2D eigenvalue weighted by atomic mass is 9.99. The summed E-state index contributed by atoms with van der Waals surface area (Å²) < 4.78 is 0. The second-order valence-electron chi connectivity index (χ2n) is 6.65. The molecule has 0 bridgehead atoms. The van der Waals surface area contributed by atoms with Crippen LogP contribution in [0.2, 0.25) is 0 Å². The zero-order chi connectivity index (χ0) is 13.7. The molecule has 0 spiro atoms. The summed E-state index contributed by atoms with van der Waals surface area (Å²) in [5.74, 6) is 0.695. The van der Waals surface area contributed by atoms with Gasteiger partial charge in [-0.15, -0.1) is 0 Å². The minimum absolute atomic E-state index is 0.572. The van der Waals surface area contributed by atoms with E-state index in [4.69, 9.17) is 0 Å². The third-order valence-electron chi connectivity index (χ3n) is 4.15. The molecule has 3 nitrogen and oxygen atoms in total. The largest absolute Gasteiger partial charge is 0.310 e. The van der Waals surface area contributed by atoms with Gasteiger partial charge in [-0.3, -0.25) is 0 Å². The zero-order valence-electron chi connectivity index (χ0n) is 13.2. The van der Waals surface area contributed by atoms with E-state index in [9.17, 15) is 0 Å². The van der Waals surface area contributed by atoms with Crippen LogP contribution >= 0.6 is 0 Å². The van der Waals surface area contributed by atoms with E-state index in [1.54, 1.807) is 0 Å². The van der Waals surface area contributed by atoms with Crippen molar-refractivity contribution in [1.29, 1.82) is 0 Å². The summed E-state index contributed by atoms with van der Waals surface area (Å²) >= 11 is 0. The normalized spacial score (nSPS) is 21.2. The Morgan fingerprint density at radius 2 is 1.72 bits per heavy atom. The molecule has 1 saturated heterocycles. The number of nitrogens with zero attached hydrogens (tertiary/aromatic N) is 2. The smallest absolute Gasteiger partial charge is 0.0220 e. The maximum atomic E-state index is 3.71. The summed E-state index contributed by atoms with van der Waals surface area (Å²) in [7, 11) is 4.53. The highest BCUT2D eigenvalue weighted by Gasteiger charge is 2.24. The molecule has 0 saturated carbocycles. The molecule has 3 heteroatoms. The van der Waals surface area contributed by atoms with Crippen molar-refractivity contribution in [3.05, 3.63) is 0 Å². The van der Waals surface area contributed by atoms with Crippen LogP contribution in [-0.2, 0) is 0 Å². The molecule has 1 atom stereocenters. The van der Waals surface area contributed by atoms with E-state index < -0.39 is 0 Å². The van der Waals surface area contributed by atoms with Crippen molar-refractivity contribution in [1.82, 2.24) is 15.1 Å². The van der Waals surface area contributed by atoms with Gasteiger partial charge in [-0.2, -0.15) is 0 Å². The average molecular weight is 255 g/mol. The molecule has 18 heavy (non-hydrogen) atoms. The average Bonchev–Trinajstić information content (AvgIpc) is 2.28. The maximum absolute atomic E-state index is 3.71. The Labute approximate surface area is 114 Å². The van der Waals surface area contributed by atoms with Crippen molar-refractivity contribution in [2.45, 2.75) is 58.7 Å². The van der Waals surface area contributed by atoms with E-state index >= 15 is 0 Å². The summed E-state index contributed by atoms with van der Waals surface area (Å²) in [5.41, 5.74) is 0. The molecule has 1 heterocycles. The first-order valence-corrected chi connectivity index (χ1v) is 7.55. The first kappa shape index (κ1) is 15.9. The predicted molar refractivity (Wildman–Crippen MR) is 80.0 cm³/mol. The first-order valence-electron chi connectivity index (χ1n) is 7.55. The zero-order valence-corrected chi connectivity index (χ0v) is 13.2. The Hall–Kier alpha value is -0.120. The van der Waals surface area contributed by atoms with Gasteiger partial charge in [0, 0.05) is 24.7 Å². The number of nitrogens with one attached hydrogen (secondary N) is 1. The summed E-state index contributed by atoms with van der Waals surface area (Å²) in [5, 5.41) is 3.71. The van der Waals surface area contributed by atoms with Crippen molar-refractivity contribution in [3.8, 4) is 0 Å². The van der Waals surface area contributed by atoms with E-state index in [2.05, 4.69) is 56.9 Å². The lowest BCUT2D eigenvalue weighted by Crippen LogP contribution is -2.50. The molecule has 0 aromatic rings. The molecule has 0 radical (unpaired) electrons. The van der Waals surface area contributed by atoms with Crippen molar-refractivity contribution < 1.29 is 0 Å². The molecular formula is C15H33N3. The van der Waals surface area contributed by atoms with Crippen LogP contribution in [0.25, 0.3) is 0 Å². The van der Waals surface area contributed by atoms with E-state index in [-0.39, 0.29) is 0 Å². The van der Waals surface area contributed by atoms with Crippen LogP contribution in [0.4, 0.5) is 0 Å². The molecule has 1 aliphatic rings. The number of likely N-dealkylation sites (N-methyl/N-ethyl adjacent to an activating group) is 1. The number of likely N-dealkylation sites (tertiary alicyclic amines) is 1. The van der Waals surface area contributed by atoms with Gasteiger partial charge in [0.05, 0.1) is 0 Å². The van der Waals surface area contributed by atoms with Crippen LogP contribution in [0.15, 0.2) is 0 Å². The highest BCUT2D eigenvalue weighted by atomic mass is 15.2. The van der Waals surface area contributed by atoms with Gasteiger partial charge in [0.2, 0.25) is 0 Å². The van der Waals surface area contributed by atoms with Crippen LogP contribution in [0.1, 0.15) is 40.5 Å². The van der Waals surface area contributed by atoms with Crippen molar-refractivity contribution in [3.63, 3.8) is 0 Å². The van der Waals surface area contributed by atoms with Gasteiger partial charge in [0.15, 0.2) is 0 Å². The van der Waals surface area contributed by atoms with Gasteiger partial charge in [-0.1, -0.05) is 27.7 Å². The Bertz CT molecular complexity index is 220. The highest BCUT2D eigenvalue weighted by molar-refractivity contribution is 4.82. The molecule has 1 aliphatic heterocycles. The number of hydrogen-bond acceptors (Lipinski definition) is 3. The van der Waals surface area contributed by atoms with Crippen LogP contribution < -0.4 is 5.32 Å². The molecule has 1 unspecified atom stereocenters.